The molecule has 1 aromatic carbocycles. The topological polar surface area (TPSA) is 112 Å². The van der Waals surface area contributed by atoms with Crippen LogP contribution in [0.3, 0.4) is 0 Å². The zero-order valence-corrected chi connectivity index (χ0v) is 15.8. The van der Waals surface area contributed by atoms with E-state index in [9.17, 15) is 14.7 Å². The Morgan fingerprint density at radius 2 is 1.75 bits per heavy atom. The SMILES string of the molecule is O=C(CC(CN1CCN(CCO)CC1)C(=O)O)Nc1ccc2c(c1)OCCO2. The summed E-state index contributed by atoms with van der Waals surface area (Å²) in [6.45, 7) is 5.07. The van der Waals surface area contributed by atoms with Crippen molar-refractivity contribution in [3.8, 4) is 11.5 Å². The third-order valence-corrected chi connectivity index (χ3v) is 4.97. The molecule has 0 aromatic heterocycles. The van der Waals surface area contributed by atoms with E-state index in [1.807, 2.05) is 0 Å². The first-order valence-corrected chi connectivity index (χ1v) is 9.53. The minimum atomic E-state index is -0.977. The van der Waals surface area contributed by atoms with Gasteiger partial charge in [0, 0.05) is 57.4 Å². The third-order valence-electron chi connectivity index (χ3n) is 4.97. The fourth-order valence-corrected chi connectivity index (χ4v) is 3.44. The Morgan fingerprint density at radius 1 is 1.07 bits per heavy atom. The van der Waals surface area contributed by atoms with Crippen LogP contribution >= 0.6 is 0 Å². The van der Waals surface area contributed by atoms with E-state index in [0.717, 1.165) is 26.2 Å². The second-order valence-corrected chi connectivity index (χ2v) is 7.01. The van der Waals surface area contributed by atoms with Crippen molar-refractivity contribution in [1.82, 2.24) is 9.80 Å². The monoisotopic (exact) mass is 393 g/mol. The summed E-state index contributed by atoms with van der Waals surface area (Å²) < 4.78 is 10.9. The number of piperazine rings is 1. The number of carboxylic acid groups (broad SMARTS) is 1. The van der Waals surface area contributed by atoms with E-state index in [4.69, 9.17) is 14.6 Å². The molecule has 0 aliphatic carbocycles. The lowest BCUT2D eigenvalue weighted by molar-refractivity contribution is -0.144. The molecule has 1 amide bonds. The number of anilines is 1. The molecule has 0 bridgehead atoms. The Labute approximate surface area is 163 Å². The van der Waals surface area contributed by atoms with Crippen molar-refractivity contribution in [3.05, 3.63) is 18.2 Å². The molecule has 3 rings (SSSR count). The average molecular weight is 393 g/mol. The van der Waals surface area contributed by atoms with Gasteiger partial charge in [0.05, 0.1) is 12.5 Å². The molecule has 1 saturated heterocycles. The number of carboxylic acids is 1. The second kappa shape index (κ2) is 9.72. The molecule has 1 unspecified atom stereocenters. The number of fused-ring (bicyclic) bond motifs is 1. The highest BCUT2D eigenvalue weighted by atomic mass is 16.6. The number of aliphatic hydroxyl groups is 1. The van der Waals surface area contributed by atoms with E-state index in [0.29, 0.717) is 43.5 Å². The van der Waals surface area contributed by atoms with Crippen LogP contribution in [-0.2, 0) is 9.59 Å². The lowest BCUT2D eigenvalue weighted by Crippen LogP contribution is -2.49. The van der Waals surface area contributed by atoms with Gasteiger partial charge in [0.2, 0.25) is 5.91 Å². The van der Waals surface area contributed by atoms with Crippen molar-refractivity contribution >= 4 is 17.6 Å². The number of hydrogen-bond acceptors (Lipinski definition) is 7. The fourth-order valence-electron chi connectivity index (χ4n) is 3.44. The summed E-state index contributed by atoms with van der Waals surface area (Å²) >= 11 is 0. The Balaban J connectivity index is 1.51. The quantitative estimate of drug-likeness (QED) is 0.570. The molecule has 0 saturated carbocycles. The Bertz CT molecular complexity index is 690. The summed E-state index contributed by atoms with van der Waals surface area (Å²) in [5.41, 5.74) is 0.552. The van der Waals surface area contributed by atoms with Crippen molar-refractivity contribution in [2.45, 2.75) is 6.42 Å². The molecule has 1 atom stereocenters. The molecule has 9 heteroatoms. The van der Waals surface area contributed by atoms with Crippen molar-refractivity contribution in [1.29, 1.82) is 0 Å². The lowest BCUT2D eigenvalue weighted by Gasteiger charge is -2.35. The molecule has 2 aliphatic rings. The molecular formula is C19H27N3O6. The number of aliphatic hydroxyl groups excluding tert-OH is 1. The van der Waals surface area contributed by atoms with Crippen LogP contribution < -0.4 is 14.8 Å². The maximum atomic E-state index is 12.4. The van der Waals surface area contributed by atoms with Crippen molar-refractivity contribution in [2.24, 2.45) is 5.92 Å². The zero-order chi connectivity index (χ0) is 19.9. The minimum Gasteiger partial charge on any atom is -0.486 e. The van der Waals surface area contributed by atoms with E-state index < -0.39 is 11.9 Å². The lowest BCUT2D eigenvalue weighted by atomic mass is 10.0. The number of benzene rings is 1. The number of carbonyl (C=O) groups is 2. The molecule has 2 heterocycles. The molecule has 0 radical (unpaired) electrons. The van der Waals surface area contributed by atoms with Gasteiger partial charge in [-0.05, 0) is 12.1 Å². The van der Waals surface area contributed by atoms with Crippen LogP contribution in [0.1, 0.15) is 6.42 Å². The van der Waals surface area contributed by atoms with Gasteiger partial charge in [-0.25, -0.2) is 0 Å². The van der Waals surface area contributed by atoms with Gasteiger partial charge in [-0.15, -0.1) is 0 Å². The summed E-state index contributed by atoms with van der Waals surface area (Å²) in [6, 6.07) is 5.12. The highest BCUT2D eigenvalue weighted by Gasteiger charge is 2.26. The van der Waals surface area contributed by atoms with Crippen LogP contribution in [0.15, 0.2) is 18.2 Å². The first kappa shape index (κ1) is 20.4. The maximum absolute atomic E-state index is 12.4. The number of carbonyl (C=O) groups excluding carboxylic acids is 1. The number of rotatable bonds is 8. The third kappa shape index (κ3) is 5.57. The van der Waals surface area contributed by atoms with Crippen LogP contribution in [0.4, 0.5) is 5.69 Å². The summed E-state index contributed by atoms with van der Waals surface area (Å²) in [5, 5.41) is 21.3. The van der Waals surface area contributed by atoms with Crippen LogP contribution in [0, 0.1) is 5.92 Å². The number of amides is 1. The van der Waals surface area contributed by atoms with E-state index in [1.54, 1.807) is 18.2 Å². The van der Waals surface area contributed by atoms with E-state index in [-0.39, 0.29) is 18.9 Å². The normalized spacial score (nSPS) is 18.5. The first-order chi connectivity index (χ1) is 13.5. The number of hydrogen-bond donors (Lipinski definition) is 3. The summed E-state index contributed by atoms with van der Waals surface area (Å²) in [4.78, 5) is 28.2. The van der Waals surface area contributed by atoms with E-state index in [2.05, 4.69) is 15.1 Å². The smallest absolute Gasteiger partial charge is 0.308 e. The van der Waals surface area contributed by atoms with Gasteiger partial charge < -0.3 is 25.0 Å². The predicted molar refractivity (Wildman–Crippen MR) is 102 cm³/mol. The van der Waals surface area contributed by atoms with Gasteiger partial charge in [0.1, 0.15) is 13.2 Å². The highest BCUT2D eigenvalue weighted by Crippen LogP contribution is 2.32. The summed E-state index contributed by atoms with van der Waals surface area (Å²) in [5.74, 6) is -0.896. The number of aliphatic carboxylic acids is 1. The summed E-state index contributed by atoms with van der Waals surface area (Å²) in [6.07, 6.45) is -0.0966. The standard InChI is InChI=1S/C19H27N3O6/c23-8-7-21-3-5-22(6-4-21)13-14(19(25)26)11-18(24)20-15-1-2-16-17(12-15)28-10-9-27-16/h1-2,12,14,23H,3-11,13H2,(H,20,24)(H,25,26). The molecule has 154 valence electrons. The van der Waals surface area contributed by atoms with Gasteiger partial charge in [0.15, 0.2) is 11.5 Å². The molecule has 3 N–H and O–H groups in total. The average Bonchev–Trinajstić information content (AvgIpc) is 2.69. The molecule has 0 spiro atoms. The van der Waals surface area contributed by atoms with E-state index in [1.165, 1.54) is 0 Å². The predicted octanol–water partition coefficient (Wildman–Crippen LogP) is 0.0971. The molecule has 2 aliphatic heterocycles. The second-order valence-electron chi connectivity index (χ2n) is 7.01. The van der Waals surface area contributed by atoms with Crippen LogP contribution in [0.25, 0.3) is 0 Å². The summed E-state index contributed by atoms with van der Waals surface area (Å²) in [7, 11) is 0. The minimum absolute atomic E-state index is 0.0966. The molecule has 1 aromatic rings. The number of ether oxygens (including phenoxy) is 2. The largest absolute Gasteiger partial charge is 0.486 e. The molecule has 9 nitrogen and oxygen atoms in total. The maximum Gasteiger partial charge on any atom is 0.308 e. The molecular weight excluding hydrogens is 366 g/mol. The van der Waals surface area contributed by atoms with Gasteiger partial charge in [0.25, 0.3) is 0 Å². The van der Waals surface area contributed by atoms with Crippen LogP contribution in [0.5, 0.6) is 11.5 Å². The van der Waals surface area contributed by atoms with Gasteiger partial charge in [-0.1, -0.05) is 0 Å². The first-order valence-electron chi connectivity index (χ1n) is 9.53. The number of β-amino-alcohol motifs (C(OH)–C–C–N with tert-alkyl or cyclic N) is 1. The van der Waals surface area contributed by atoms with Crippen LogP contribution in [-0.4, -0.2) is 91.0 Å². The van der Waals surface area contributed by atoms with Gasteiger partial charge in [-0.2, -0.15) is 0 Å². The number of nitrogens with zero attached hydrogens (tertiary/aromatic N) is 2. The van der Waals surface area contributed by atoms with Gasteiger partial charge in [-0.3, -0.25) is 19.4 Å². The van der Waals surface area contributed by atoms with Crippen LogP contribution in [0.2, 0.25) is 0 Å². The Hall–Kier alpha value is -2.36. The van der Waals surface area contributed by atoms with E-state index >= 15 is 0 Å². The van der Waals surface area contributed by atoms with Gasteiger partial charge >= 0.3 is 5.97 Å². The van der Waals surface area contributed by atoms with Crippen molar-refractivity contribution in [2.75, 3.05) is 64.4 Å². The molecule has 1 fully saturated rings. The zero-order valence-electron chi connectivity index (χ0n) is 15.8. The van der Waals surface area contributed by atoms with Crippen molar-refractivity contribution in [3.63, 3.8) is 0 Å². The number of nitrogens with one attached hydrogen (secondary N) is 1. The molecule has 28 heavy (non-hydrogen) atoms. The highest BCUT2D eigenvalue weighted by molar-refractivity contribution is 5.93. The Kier molecular flexibility index (Phi) is 7.07. The van der Waals surface area contributed by atoms with Crippen molar-refractivity contribution < 1.29 is 29.3 Å². The fraction of sp³-hybridized carbons (Fsp3) is 0.579. The Morgan fingerprint density at radius 3 is 2.43 bits per heavy atom.